The Bertz CT molecular complexity index is 321. The highest BCUT2D eigenvalue weighted by atomic mass is 16.5. The monoisotopic (exact) mass is 209 g/mol. The van der Waals surface area contributed by atoms with Crippen LogP contribution in [0.25, 0.3) is 0 Å². The van der Waals surface area contributed by atoms with E-state index in [1.54, 1.807) is 0 Å². The van der Waals surface area contributed by atoms with E-state index in [1.165, 1.54) is 0 Å². The van der Waals surface area contributed by atoms with Gasteiger partial charge in [-0.25, -0.2) is 0 Å². The average Bonchev–Trinajstić information content (AvgIpc) is 2.77. The largest absolute Gasteiger partial charge is 0.377 e. The molecule has 0 aliphatic carbocycles. The number of nitrogens with one attached hydrogen (secondary N) is 1. The van der Waals surface area contributed by atoms with E-state index in [0.29, 0.717) is 18.2 Å². The fraction of sp³-hybridized carbons (Fsp3) is 0.727. The molecule has 2 atom stereocenters. The summed E-state index contributed by atoms with van der Waals surface area (Å²) in [5, 5.41) is 7.75. The standard InChI is InChI=1S/C11H19N3O/c1-8(2)14-7-10(6-12-14)13-11-4-5-15-9(11)3/h6-9,11,13H,4-5H2,1-3H3. The van der Waals surface area contributed by atoms with Gasteiger partial charge in [0.05, 0.1) is 24.0 Å². The summed E-state index contributed by atoms with van der Waals surface area (Å²) in [7, 11) is 0. The van der Waals surface area contributed by atoms with Crippen LogP contribution in [0.5, 0.6) is 0 Å². The van der Waals surface area contributed by atoms with Crippen LogP contribution >= 0.6 is 0 Å². The van der Waals surface area contributed by atoms with Crippen LogP contribution in [-0.4, -0.2) is 28.5 Å². The summed E-state index contributed by atoms with van der Waals surface area (Å²) in [6.45, 7) is 7.21. The van der Waals surface area contributed by atoms with Crippen LogP contribution in [0.2, 0.25) is 0 Å². The SMILES string of the molecule is CC1OCCC1Nc1cnn(C(C)C)c1. The first-order chi connectivity index (χ1) is 7.16. The minimum Gasteiger partial charge on any atom is -0.377 e. The predicted molar refractivity (Wildman–Crippen MR) is 60.1 cm³/mol. The lowest BCUT2D eigenvalue weighted by molar-refractivity contribution is 0.121. The molecule has 1 saturated heterocycles. The Morgan fingerprint density at radius 3 is 2.93 bits per heavy atom. The van der Waals surface area contributed by atoms with Crippen molar-refractivity contribution in [3.8, 4) is 0 Å². The molecule has 1 aromatic heterocycles. The van der Waals surface area contributed by atoms with E-state index in [9.17, 15) is 0 Å². The van der Waals surface area contributed by atoms with Gasteiger partial charge in [0, 0.05) is 18.8 Å². The van der Waals surface area contributed by atoms with Crippen molar-refractivity contribution < 1.29 is 4.74 Å². The van der Waals surface area contributed by atoms with E-state index in [4.69, 9.17) is 4.74 Å². The lowest BCUT2D eigenvalue weighted by Crippen LogP contribution is -2.26. The first-order valence-electron chi connectivity index (χ1n) is 5.59. The summed E-state index contributed by atoms with van der Waals surface area (Å²) in [6, 6.07) is 0.840. The van der Waals surface area contributed by atoms with Gasteiger partial charge >= 0.3 is 0 Å². The Kier molecular flexibility index (Phi) is 2.95. The second-order valence-electron chi connectivity index (χ2n) is 4.42. The van der Waals surface area contributed by atoms with E-state index >= 15 is 0 Å². The van der Waals surface area contributed by atoms with Gasteiger partial charge in [-0.3, -0.25) is 4.68 Å². The summed E-state index contributed by atoms with van der Waals surface area (Å²) in [4.78, 5) is 0. The fourth-order valence-corrected chi connectivity index (χ4v) is 1.83. The maximum absolute atomic E-state index is 5.50. The molecule has 4 heteroatoms. The number of hydrogen-bond acceptors (Lipinski definition) is 3. The van der Waals surface area contributed by atoms with Crippen molar-refractivity contribution in [1.82, 2.24) is 9.78 Å². The van der Waals surface area contributed by atoms with Crippen LogP contribution in [0.3, 0.4) is 0 Å². The topological polar surface area (TPSA) is 39.1 Å². The summed E-state index contributed by atoms with van der Waals surface area (Å²) in [5.74, 6) is 0. The van der Waals surface area contributed by atoms with Gasteiger partial charge in [-0.1, -0.05) is 0 Å². The molecule has 0 bridgehead atoms. The van der Waals surface area contributed by atoms with Crippen molar-refractivity contribution in [2.24, 2.45) is 0 Å². The molecule has 15 heavy (non-hydrogen) atoms. The van der Waals surface area contributed by atoms with Gasteiger partial charge in [-0.15, -0.1) is 0 Å². The molecule has 1 N–H and O–H groups in total. The maximum atomic E-state index is 5.50. The van der Waals surface area contributed by atoms with E-state index < -0.39 is 0 Å². The Morgan fingerprint density at radius 1 is 1.60 bits per heavy atom. The average molecular weight is 209 g/mol. The van der Waals surface area contributed by atoms with Crippen LogP contribution in [0.15, 0.2) is 12.4 Å². The Labute approximate surface area is 90.6 Å². The predicted octanol–water partition coefficient (Wildman–Crippen LogP) is 2.05. The molecule has 0 aromatic carbocycles. The molecule has 84 valence electrons. The third-order valence-corrected chi connectivity index (χ3v) is 2.86. The molecule has 0 radical (unpaired) electrons. The second kappa shape index (κ2) is 4.23. The van der Waals surface area contributed by atoms with E-state index in [1.807, 2.05) is 10.9 Å². The Hall–Kier alpha value is -1.03. The number of rotatable bonds is 3. The molecule has 4 nitrogen and oxygen atoms in total. The molecule has 0 saturated carbocycles. The first kappa shape index (κ1) is 10.5. The molecule has 2 rings (SSSR count). The summed E-state index contributed by atoms with van der Waals surface area (Å²) in [5.41, 5.74) is 1.09. The molecular weight excluding hydrogens is 190 g/mol. The zero-order valence-electron chi connectivity index (χ0n) is 9.60. The molecule has 1 aromatic rings. The molecular formula is C11H19N3O. The van der Waals surface area contributed by atoms with Gasteiger partial charge in [0.2, 0.25) is 0 Å². The van der Waals surface area contributed by atoms with Crippen molar-refractivity contribution in [1.29, 1.82) is 0 Å². The number of nitrogens with zero attached hydrogens (tertiary/aromatic N) is 2. The number of ether oxygens (including phenoxy) is 1. The zero-order valence-corrected chi connectivity index (χ0v) is 9.60. The quantitative estimate of drug-likeness (QED) is 0.828. The second-order valence-corrected chi connectivity index (χ2v) is 4.42. The number of anilines is 1. The van der Waals surface area contributed by atoms with Crippen LogP contribution in [0, 0.1) is 0 Å². The maximum Gasteiger partial charge on any atom is 0.0748 e. The summed E-state index contributed by atoms with van der Waals surface area (Å²) in [6.07, 6.45) is 5.31. The highest BCUT2D eigenvalue weighted by molar-refractivity contribution is 5.40. The van der Waals surface area contributed by atoms with Crippen LogP contribution < -0.4 is 5.32 Å². The minimum atomic E-state index is 0.299. The smallest absolute Gasteiger partial charge is 0.0748 e. The summed E-state index contributed by atoms with van der Waals surface area (Å²) < 4.78 is 7.46. The first-order valence-corrected chi connectivity index (χ1v) is 5.59. The van der Waals surface area contributed by atoms with E-state index in [0.717, 1.165) is 18.7 Å². The fourth-order valence-electron chi connectivity index (χ4n) is 1.83. The lowest BCUT2D eigenvalue weighted by atomic mass is 10.1. The highest BCUT2D eigenvalue weighted by Gasteiger charge is 2.24. The molecule has 2 heterocycles. The van der Waals surface area contributed by atoms with Crippen molar-refractivity contribution in [2.45, 2.75) is 45.4 Å². The van der Waals surface area contributed by atoms with Gasteiger partial charge in [-0.05, 0) is 27.2 Å². The molecule has 0 spiro atoms. The molecule has 1 aliphatic heterocycles. The third kappa shape index (κ3) is 2.31. The van der Waals surface area contributed by atoms with Gasteiger partial charge in [0.15, 0.2) is 0 Å². The van der Waals surface area contributed by atoms with Gasteiger partial charge < -0.3 is 10.1 Å². The lowest BCUT2D eigenvalue weighted by Gasteiger charge is -2.15. The van der Waals surface area contributed by atoms with Crippen molar-refractivity contribution >= 4 is 5.69 Å². The molecule has 2 unspecified atom stereocenters. The van der Waals surface area contributed by atoms with Gasteiger partial charge in [-0.2, -0.15) is 5.10 Å². The van der Waals surface area contributed by atoms with E-state index in [2.05, 4.69) is 37.4 Å². The third-order valence-electron chi connectivity index (χ3n) is 2.86. The normalized spacial score (nSPS) is 26.1. The van der Waals surface area contributed by atoms with E-state index in [-0.39, 0.29) is 0 Å². The Balaban J connectivity index is 1.98. The van der Waals surface area contributed by atoms with Crippen molar-refractivity contribution in [3.05, 3.63) is 12.4 Å². The van der Waals surface area contributed by atoms with Crippen molar-refractivity contribution in [3.63, 3.8) is 0 Å². The minimum absolute atomic E-state index is 0.299. The molecule has 0 amide bonds. The van der Waals surface area contributed by atoms with Gasteiger partial charge in [0.1, 0.15) is 0 Å². The zero-order chi connectivity index (χ0) is 10.8. The van der Waals surface area contributed by atoms with Crippen LogP contribution in [0.1, 0.15) is 33.2 Å². The number of hydrogen-bond donors (Lipinski definition) is 1. The molecule has 1 fully saturated rings. The Morgan fingerprint density at radius 2 is 2.40 bits per heavy atom. The van der Waals surface area contributed by atoms with Gasteiger partial charge in [0.25, 0.3) is 0 Å². The molecule has 1 aliphatic rings. The van der Waals surface area contributed by atoms with Crippen LogP contribution in [-0.2, 0) is 4.74 Å². The summed E-state index contributed by atoms with van der Waals surface area (Å²) >= 11 is 0. The van der Waals surface area contributed by atoms with Crippen LogP contribution in [0.4, 0.5) is 5.69 Å². The van der Waals surface area contributed by atoms with Crippen molar-refractivity contribution in [2.75, 3.05) is 11.9 Å². The highest BCUT2D eigenvalue weighted by Crippen LogP contribution is 2.19. The number of aromatic nitrogens is 2.